The van der Waals surface area contributed by atoms with Crippen LogP contribution in [-0.2, 0) is 6.54 Å². The molecule has 140 valence electrons. The molecule has 1 fully saturated rings. The van der Waals surface area contributed by atoms with Crippen molar-refractivity contribution in [3.8, 4) is 11.3 Å². The summed E-state index contributed by atoms with van der Waals surface area (Å²) in [6, 6.07) is 10.4. The molecule has 1 aliphatic heterocycles. The Kier molecular flexibility index (Phi) is 4.77. The predicted molar refractivity (Wildman–Crippen MR) is 105 cm³/mol. The SMILES string of the molecule is Nc1ccc2nc(-c3ccc([N+](=O)[O-])cc3)c(CN3CCCCCC3)n2c1. The summed E-state index contributed by atoms with van der Waals surface area (Å²) in [6.45, 7) is 2.95. The van der Waals surface area contributed by atoms with Gasteiger partial charge in [0.25, 0.3) is 5.69 Å². The Labute approximate surface area is 157 Å². The number of rotatable bonds is 4. The molecule has 0 spiro atoms. The maximum Gasteiger partial charge on any atom is 0.269 e. The lowest BCUT2D eigenvalue weighted by atomic mass is 10.1. The second-order valence-corrected chi connectivity index (χ2v) is 7.09. The average molecular weight is 365 g/mol. The van der Waals surface area contributed by atoms with Gasteiger partial charge in [0.2, 0.25) is 0 Å². The average Bonchev–Trinajstić information content (AvgIpc) is 2.83. The number of pyridine rings is 1. The number of likely N-dealkylation sites (tertiary alicyclic amines) is 1. The molecular weight excluding hydrogens is 342 g/mol. The highest BCUT2D eigenvalue weighted by Crippen LogP contribution is 2.28. The number of anilines is 1. The smallest absolute Gasteiger partial charge is 0.269 e. The number of hydrogen-bond acceptors (Lipinski definition) is 5. The van der Waals surface area contributed by atoms with Crippen molar-refractivity contribution in [1.82, 2.24) is 14.3 Å². The zero-order valence-corrected chi connectivity index (χ0v) is 15.2. The first-order valence-electron chi connectivity index (χ1n) is 9.35. The summed E-state index contributed by atoms with van der Waals surface area (Å²) in [6.07, 6.45) is 6.90. The minimum Gasteiger partial charge on any atom is -0.398 e. The number of nitro groups is 1. The first kappa shape index (κ1) is 17.5. The van der Waals surface area contributed by atoms with Gasteiger partial charge in [-0.1, -0.05) is 12.8 Å². The van der Waals surface area contributed by atoms with E-state index >= 15 is 0 Å². The van der Waals surface area contributed by atoms with Crippen LogP contribution in [-0.4, -0.2) is 32.3 Å². The predicted octanol–water partition coefficient (Wildman–Crippen LogP) is 3.87. The third-order valence-electron chi connectivity index (χ3n) is 5.16. The van der Waals surface area contributed by atoms with Gasteiger partial charge in [0.15, 0.2) is 0 Å². The summed E-state index contributed by atoms with van der Waals surface area (Å²) in [7, 11) is 0. The zero-order chi connectivity index (χ0) is 18.8. The Morgan fingerprint density at radius 3 is 2.41 bits per heavy atom. The van der Waals surface area contributed by atoms with Crippen molar-refractivity contribution in [2.24, 2.45) is 0 Å². The van der Waals surface area contributed by atoms with Gasteiger partial charge in [0.1, 0.15) is 5.65 Å². The fourth-order valence-corrected chi connectivity index (χ4v) is 3.74. The standard InChI is InChI=1S/C20H23N5O2/c21-16-7-10-19-22-20(15-5-8-17(9-6-15)25(26)27)18(24(19)13-16)14-23-11-3-1-2-4-12-23/h5-10,13H,1-4,11-12,14,21H2. The highest BCUT2D eigenvalue weighted by molar-refractivity contribution is 5.68. The van der Waals surface area contributed by atoms with Gasteiger partial charge >= 0.3 is 0 Å². The molecule has 0 unspecified atom stereocenters. The van der Waals surface area contributed by atoms with Crippen LogP contribution in [0.5, 0.6) is 0 Å². The molecule has 1 aliphatic rings. The van der Waals surface area contributed by atoms with Gasteiger partial charge in [0, 0.05) is 36.1 Å². The Morgan fingerprint density at radius 1 is 1.04 bits per heavy atom. The van der Waals surface area contributed by atoms with E-state index in [1.165, 1.54) is 37.8 Å². The Hall–Kier alpha value is -2.93. The van der Waals surface area contributed by atoms with Crippen molar-refractivity contribution in [3.63, 3.8) is 0 Å². The maximum atomic E-state index is 11.0. The summed E-state index contributed by atoms with van der Waals surface area (Å²) >= 11 is 0. The molecule has 0 aliphatic carbocycles. The van der Waals surface area contributed by atoms with Crippen LogP contribution in [0, 0.1) is 10.1 Å². The normalized spacial score (nSPS) is 15.7. The minimum atomic E-state index is -0.383. The van der Waals surface area contributed by atoms with Gasteiger partial charge in [-0.2, -0.15) is 0 Å². The molecule has 3 aromatic rings. The van der Waals surface area contributed by atoms with E-state index in [1.54, 1.807) is 12.1 Å². The molecule has 0 saturated carbocycles. The summed E-state index contributed by atoms with van der Waals surface area (Å²) in [5, 5.41) is 11.0. The Morgan fingerprint density at radius 2 is 1.74 bits per heavy atom. The van der Waals surface area contributed by atoms with Crippen LogP contribution in [0.2, 0.25) is 0 Å². The van der Waals surface area contributed by atoms with Gasteiger partial charge < -0.3 is 10.1 Å². The third-order valence-corrected chi connectivity index (χ3v) is 5.16. The van der Waals surface area contributed by atoms with Gasteiger partial charge in [-0.25, -0.2) is 4.98 Å². The van der Waals surface area contributed by atoms with Crippen molar-refractivity contribution < 1.29 is 4.92 Å². The number of nitrogens with zero attached hydrogens (tertiary/aromatic N) is 4. The number of non-ortho nitro benzene ring substituents is 1. The number of benzene rings is 1. The van der Waals surface area contributed by atoms with E-state index in [0.29, 0.717) is 5.69 Å². The van der Waals surface area contributed by atoms with E-state index in [4.69, 9.17) is 10.7 Å². The fraction of sp³-hybridized carbons (Fsp3) is 0.350. The lowest BCUT2D eigenvalue weighted by molar-refractivity contribution is -0.384. The lowest BCUT2D eigenvalue weighted by Crippen LogP contribution is -2.25. The second-order valence-electron chi connectivity index (χ2n) is 7.09. The van der Waals surface area contributed by atoms with E-state index in [1.807, 2.05) is 18.3 Å². The number of fused-ring (bicyclic) bond motifs is 1. The van der Waals surface area contributed by atoms with Gasteiger partial charge in [-0.05, 0) is 50.2 Å². The molecule has 1 aromatic carbocycles. The van der Waals surface area contributed by atoms with Crippen LogP contribution in [0.4, 0.5) is 11.4 Å². The largest absolute Gasteiger partial charge is 0.398 e. The van der Waals surface area contributed by atoms with E-state index in [2.05, 4.69) is 9.30 Å². The first-order valence-corrected chi connectivity index (χ1v) is 9.35. The molecule has 0 atom stereocenters. The highest BCUT2D eigenvalue weighted by atomic mass is 16.6. The molecule has 2 aromatic heterocycles. The number of aromatic nitrogens is 2. The van der Waals surface area contributed by atoms with Crippen molar-refractivity contribution in [2.75, 3.05) is 18.8 Å². The zero-order valence-electron chi connectivity index (χ0n) is 15.2. The molecular formula is C20H23N5O2. The van der Waals surface area contributed by atoms with Crippen LogP contribution >= 0.6 is 0 Å². The van der Waals surface area contributed by atoms with Crippen LogP contribution in [0.3, 0.4) is 0 Å². The van der Waals surface area contributed by atoms with Gasteiger partial charge in [0.05, 0.1) is 16.3 Å². The molecule has 27 heavy (non-hydrogen) atoms. The molecule has 1 saturated heterocycles. The molecule has 4 rings (SSSR count). The maximum absolute atomic E-state index is 11.0. The van der Waals surface area contributed by atoms with E-state index in [0.717, 1.165) is 42.2 Å². The molecule has 0 radical (unpaired) electrons. The minimum absolute atomic E-state index is 0.0841. The summed E-state index contributed by atoms with van der Waals surface area (Å²) in [5.74, 6) is 0. The number of nitrogens with two attached hydrogens (primary N) is 1. The Bertz CT molecular complexity index is 956. The van der Waals surface area contributed by atoms with Crippen molar-refractivity contribution in [1.29, 1.82) is 0 Å². The molecule has 0 bridgehead atoms. The van der Waals surface area contributed by atoms with E-state index < -0.39 is 0 Å². The molecule has 0 amide bonds. The summed E-state index contributed by atoms with van der Waals surface area (Å²) in [4.78, 5) is 17.8. The van der Waals surface area contributed by atoms with Crippen LogP contribution in [0.15, 0.2) is 42.6 Å². The molecule has 2 N–H and O–H groups in total. The highest BCUT2D eigenvalue weighted by Gasteiger charge is 2.19. The molecule has 7 heteroatoms. The van der Waals surface area contributed by atoms with Gasteiger partial charge in [-0.15, -0.1) is 0 Å². The molecule has 7 nitrogen and oxygen atoms in total. The second kappa shape index (κ2) is 7.36. The fourth-order valence-electron chi connectivity index (χ4n) is 3.74. The molecule has 3 heterocycles. The van der Waals surface area contributed by atoms with E-state index in [-0.39, 0.29) is 10.6 Å². The number of imidazole rings is 1. The first-order chi connectivity index (χ1) is 13.1. The van der Waals surface area contributed by atoms with Crippen LogP contribution in [0.25, 0.3) is 16.9 Å². The lowest BCUT2D eigenvalue weighted by Gasteiger charge is -2.20. The van der Waals surface area contributed by atoms with Crippen LogP contribution in [0.1, 0.15) is 31.4 Å². The van der Waals surface area contributed by atoms with Crippen LogP contribution < -0.4 is 5.73 Å². The quantitative estimate of drug-likeness (QED) is 0.560. The van der Waals surface area contributed by atoms with Crippen molar-refractivity contribution in [2.45, 2.75) is 32.2 Å². The number of hydrogen-bond donors (Lipinski definition) is 1. The van der Waals surface area contributed by atoms with Crippen molar-refractivity contribution >= 4 is 17.0 Å². The Balaban J connectivity index is 1.77. The third kappa shape index (κ3) is 3.64. The topological polar surface area (TPSA) is 89.7 Å². The number of nitrogen functional groups attached to an aromatic ring is 1. The van der Waals surface area contributed by atoms with Gasteiger partial charge in [-0.3, -0.25) is 15.0 Å². The summed E-state index contributed by atoms with van der Waals surface area (Å²) in [5.41, 5.74) is 10.4. The monoisotopic (exact) mass is 365 g/mol. The van der Waals surface area contributed by atoms with E-state index in [9.17, 15) is 10.1 Å². The summed E-state index contributed by atoms with van der Waals surface area (Å²) < 4.78 is 2.05. The van der Waals surface area contributed by atoms with Crippen molar-refractivity contribution in [3.05, 3.63) is 58.4 Å². The number of nitro benzene ring substituents is 1.